The highest BCUT2D eigenvalue weighted by Crippen LogP contribution is 2.67. The third-order valence-corrected chi connectivity index (χ3v) is 9.30. The fourth-order valence-electron chi connectivity index (χ4n) is 7.63. The van der Waals surface area contributed by atoms with Gasteiger partial charge in [0, 0.05) is 12.0 Å². The van der Waals surface area contributed by atoms with Gasteiger partial charge >= 0.3 is 0 Å². The van der Waals surface area contributed by atoms with Gasteiger partial charge in [-0.3, -0.25) is 4.68 Å². The van der Waals surface area contributed by atoms with E-state index >= 15 is 0 Å². The topological polar surface area (TPSA) is 83.5 Å². The summed E-state index contributed by atoms with van der Waals surface area (Å²) in [6.45, 7) is 5.38. The number of hydrogen-bond donors (Lipinski definition) is 2. The van der Waals surface area contributed by atoms with E-state index < -0.39 is 5.60 Å². The van der Waals surface area contributed by atoms with Crippen LogP contribution in [0.3, 0.4) is 0 Å². The van der Waals surface area contributed by atoms with Crippen LogP contribution in [0.4, 0.5) is 0 Å². The summed E-state index contributed by atoms with van der Waals surface area (Å²) in [6, 6.07) is 0. The van der Waals surface area contributed by atoms with Crippen molar-refractivity contribution in [1.82, 2.24) is 15.0 Å². The number of aliphatic hydroxyl groups is 1. The largest absolute Gasteiger partial charge is 0.411 e. The molecular weight excluding hydrogens is 376 g/mol. The van der Waals surface area contributed by atoms with E-state index in [0.717, 1.165) is 69.3 Å². The highest BCUT2D eigenvalue weighted by atomic mass is 16.4. The Balaban J connectivity index is 1.40. The maximum Gasteiger partial charge on any atom is 0.116 e. The van der Waals surface area contributed by atoms with Crippen molar-refractivity contribution in [3.63, 3.8) is 0 Å². The number of aromatic nitrogens is 3. The summed E-state index contributed by atoms with van der Waals surface area (Å²) < 4.78 is 1.92. The van der Waals surface area contributed by atoms with Crippen LogP contribution < -0.4 is 0 Å². The minimum Gasteiger partial charge on any atom is -0.411 e. The zero-order chi connectivity index (χ0) is 20.9. The first-order chi connectivity index (χ1) is 14.5. The fraction of sp³-hybridized carbons (Fsp3) is 0.792. The van der Waals surface area contributed by atoms with Gasteiger partial charge in [0.1, 0.15) is 11.3 Å². The molecule has 0 amide bonds. The fourth-order valence-corrected chi connectivity index (χ4v) is 7.63. The molecule has 0 aromatic carbocycles. The van der Waals surface area contributed by atoms with Crippen molar-refractivity contribution < 1.29 is 10.3 Å². The monoisotopic (exact) mass is 412 g/mol. The molecular formula is C24H36N4O2. The Morgan fingerprint density at radius 3 is 2.83 bits per heavy atom. The maximum absolute atomic E-state index is 12.0. The second kappa shape index (κ2) is 7.47. The number of fused-ring (bicyclic) bond motifs is 5. The van der Waals surface area contributed by atoms with Crippen molar-refractivity contribution in [3.8, 4) is 0 Å². The van der Waals surface area contributed by atoms with Crippen LogP contribution in [0.1, 0.15) is 83.7 Å². The lowest BCUT2D eigenvalue weighted by Gasteiger charge is -2.55. The molecule has 5 rings (SSSR count). The summed E-state index contributed by atoms with van der Waals surface area (Å²) >= 11 is 0. The van der Waals surface area contributed by atoms with Crippen LogP contribution in [0.2, 0.25) is 0 Å². The van der Waals surface area contributed by atoms with Crippen LogP contribution >= 0.6 is 0 Å². The minimum absolute atomic E-state index is 0.118. The lowest BCUT2D eigenvalue weighted by atomic mass is 9.50. The second-order valence-corrected chi connectivity index (χ2v) is 10.5. The smallest absolute Gasteiger partial charge is 0.116 e. The number of aryl methyl sites for hydroxylation is 1. The molecule has 4 aliphatic rings. The van der Waals surface area contributed by atoms with E-state index in [9.17, 15) is 10.3 Å². The van der Waals surface area contributed by atoms with E-state index in [-0.39, 0.29) is 5.41 Å². The Hall–Kier alpha value is -1.69. The molecule has 1 aromatic heterocycles. The van der Waals surface area contributed by atoms with Crippen LogP contribution in [0.5, 0.6) is 0 Å². The Labute approximate surface area is 179 Å². The van der Waals surface area contributed by atoms with Crippen LogP contribution in [0.25, 0.3) is 0 Å². The standard InChI is InChI=1S/C24H36N4O2/c1-3-4-13-28-15-22(25-27-28)24(29)12-10-21-20-7-5-16-14-17(26-30)6-8-18(16)19(20)9-11-23(21,24)2/h14-15,18-21,29-30H,3-13H2,1-2H3/b26-17-/t18-,19?,20?,21?,23-,24+/m0/s1. The molecule has 0 bridgehead atoms. The van der Waals surface area contributed by atoms with E-state index in [1.165, 1.54) is 18.4 Å². The van der Waals surface area contributed by atoms with Crippen molar-refractivity contribution in [1.29, 1.82) is 0 Å². The quantitative estimate of drug-likeness (QED) is 0.556. The predicted molar refractivity (Wildman–Crippen MR) is 115 cm³/mol. The van der Waals surface area contributed by atoms with E-state index in [2.05, 4.69) is 35.4 Å². The number of nitrogens with zero attached hydrogens (tertiary/aromatic N) is 4. The van der Waals surface area contributed by atoms with Gasteiger partial charge in [-0.15, -0.1) is 5.10 Å². The highest BCUT2D eigenvalue weighted by Gasteiger charge is 2.63. The molecule has 6 nitrogen and oxygen atoms in total. The van der Waals surface area contributed by atoms with Crippen molar-refractivity contribution in [2.24, 2.45) is 34.2 Å². The van der Waals surface area contributed by atoms with Gasteiger partial charge in [0.2, 0.25) is 0 Å². The number of unbranched alkanes of at least 4 members (excludes halogenated alkanes) is 1. The SMILES string of the molecule is CCCCn1cc([C@]2(O)CCC3C4CCC5=C/C(=N\O)CC[C@@H]5C4CC[C@@]32C)nn1. The number of hydrogen-bond acceptors (Lipinski definition) is 5. The zero-order valence-electron chi connectivity index (χ0n) is 18.4. The summed E-state index contributed by atoms with van der Waals surface area (Å²) in [5, 5.41) is 33.4. The summed E-state index contributed by atoms with van der Waals surface area (Å²) in [6.07, 6.45) is 14.8. The lowest BCUT2D eigenvalue weighted by molar-refractivity contribution is -0.124. The van der Waals surface area contributed by atoms with Crippen LogP contribution in [0, 0.1) is 29.1 Å². The maximum atomic E-state index is 12.0. The van der Waals surface area contributed by atoms with Crippen LogP contribution in [-0.2, 0) is 12.1 Å². The average Bonchev–Trinajstić information content (AvgIpc) is 3.35. The first-order valence-electron chi connectivity index (χ1n) is 12.0. The minimum atomic E-state index is -0.855. The average molecular weight is 413 g/mol. The van der Waals surface area contributed by atoms with Crippen molar-refractivity contribution in [2.75, 3.05) is 0 Å². The Morgan fingerprint density at radius 1 is 1.17 bits per heavy atom. The van der Waals surface area contributed by atoms with Gasteiger partial charge in [-0.2, -0.15) is 0 Å². The molecule has 1 aromatic rings. The summed E-state index contributed by atoms with van der Waals surface area (Å²) in [5.41, 5.74) is 2.17. The molecule has 3 saturated carbocycles. The Morgan fingerprint density at radius 2 is 2.03 bits per heavy atom. The lowest BCUT2D eigenvalue weighted by Crippen LogP contribution is -2.51. The van der Waals surface area contributed by atoms with Gasteiger partial charge in [-0.05, 0) is 87.5 Å². The number of oxime groups is 1. The molecule has 6 heteroatoms. The predicted octanol–water partition coefficient (Wildman–Crippen LogP) is 4.67. The second-order valence-electron chi connectivity index (χ2n) is 10.5. The van der Waals surface area contributed by atoms with E-state index in [0.29, 0.717) is 23.7 Å². The molecule has 0 spiro atoms. The third kappa shape index (κ3) is 2.89. The molecule has 3 unspecified atom stereocenters. The first-order valence-corrected chi connectivity index (χ1v) is 12.0. The van der Waals surface area contributed by atoms with Crippen molar-refractivity contribution in [3.05, 3.63) is 23.5 Å². The van der Waals surface area contributed by atoms with Gasteiger partial charge in [0.15, 0.2) is 0 Å². The summed E-state index contributed by atoms with van der Waals surface area (Å²) in [7, 11) is 0. The van der Waals surface area contributed by atoms with Crippen molar-refractivity contribution >= 4 is 5.71 Å². The van der Waals surface area contributed by atoms with E-state index in [1.807, 2.05) is 10.9 Å². The van der Waals surface area contributed by atoms with E-state index in [1.54, 1.807) is 0 Å². The summed E-state index contributed by atoms with van der Waals surface area (Å²) in [4.78, 5) is 0. The molecule has 0 aliphatic heterocycles. The third-order valence-electron chi connectivity index (χ3n) is 9.30. The Bertz CT molecular complexity index is 861. The van der Waals surface area contributed by atoms with Gasteiger partial charge in [0.25, 0.3) is 0 Å². The number of allylic oxidation sites excluding steroid dienone is 2. The molecule has 1 heterocycles. The van der Waals surface area contributed by atoms with Gasteiger partial charge < -0.3 is 10.3 Å². The van der Waals surface area contributed by atoms with Gasteiger partial charge in [-0.25, -0.2) is 0 Å². The van der Waals surface area contributed by atoms with Crippen LogP contribution in [0.15, 0.2) is 23.0 Å². The molecule has 4 aliphatic carbocycles. The Kier molecular flexibility index (Phi) is 5.04. The zero-order valence-corrected chi connectivity index (χ0v) is 18.4. The molecule has 0 saturated heterocycles. The molecule has 164 valence electrons. The van der Waals surface area contributed by atoms with Crippen LogP contribution in [-0.4, -0.2) is 31.0 Å². The molecule has 0 radical (unpaired) electrons. The van der Waals surface area contributed by atoms with Crippen molar-refractivity contribution in [2.45, 2.75) is 90.2 Å². The molecule has 3 fully saturated rings. The normalized spacial score (nSPS) is 41.8. The van der Waals surface area contributed by atoms with E-state index in [4.69, 9.17) is 0 Å². The van der Waals surface area contributed by atoms with Gasteiger partial charge in [0.05, 0.1) is 11.9 Å². The van der Waals surface area contributed by atoms with Gasteiger partial charge in [-0.1, -0.05) is 36.2 Å². The molecule has 6 atom stereocenters. The highest BCUT2D eigenvalue weighted by molar-refractivity contribution is 5.96. The summed E-state index contributed by atoms with van der Waals surface area (Å²) in [5.74, 6) is 2.59. The number of rotatable bonds is 4. The molecule has 2 N–H and O–H groups in total. The molecule has 30 heavy (non-hydrogen) atoms. The first kappa shape index (κ1) is 20.2.